The second-order valence-corrected chi connectivity index (χ2v) is 8.67. The molecule has 1 amide bonds. The van der Waals surface area contributed by atoms with Crippen molar-refractivity contribution < 1.29 is 9.90 Å². The van der Waals surface area contributed by atoms with Gasteiger partial charge in [0.1, 0.15) is 5.82 Å². The number of fused-ring (bicyclic) bond motifs is 1. The van der Waals surface area contributed by atoms with E-state index in [2.05, 4.69) is 26.9 Å². The Balaban J connectivity index is 1.25. The normalized spacial score (nSPS) is 22.3. The van der Waals surface area contributed by atoms with Crippen LogP contribution >= 0.6 is 11.6 Å². The van der Waals surface area contributed by atoms with Crippen LogP contribution in [0.15, 0.2) is 60.8 Å². The fraction of sp³-hybridized carbons (Fsp3) is 0.333. The van der Waals surface area contributed by atoms with E-state index in [0.29, 0.717) is 30.2 Å². The number of aliphatic hydroxyl groups is 1. The number of carbonyl (C=O) groups excluding carboxylic acids is 1. The molecule has 0 aliphatic carbocycles. The van der Waals surface area contributed by atoms with E-state index in [1.807, 2.05) is 29.3 Å². The van der Waals surface area contributed by atoms with Crippen molar-refractivity contribution in [1.82, 2.24) is 14.8 Å². The highest BCUT2D eigenvalue weighted by Crippen LogP contribution is 2.29. The Morgan fingerprint density at radius 1 is 0.968 bits per heavy atom. The second kappa shape index (κ2) is 8.46. The van der Waals surface area contributed by atoms with Crippen molar-refractivity contribution in [3.63, 3.8) is 0 Å². The zero-order valence-electron chi connectivity index (χ0n) is 17.2. The van der Waals surface area contributed by atoms with E-state index < -0.39 is 6.10 Å². The van der Waals surface area contributed by atoms with Crippen LogP contribution in [-0.4, -0.2) is 77.2 Å². The van der Waals surface area contributed by atoms with E-state index in [4.69, 9.17) is 11.6 Å². The first kappa shape index (κ1) is 20.2. The Bertz CT molecular complexity index is 1080. The first-order valence-corrected chi connectivity index (χ1v) is 11.0. The minimum Gasteiger partial charge on any atom is -0.390 e. The van der Waals surface area contributed by atoms with Gasteiger partial charge in [0.15, 0.2) is 0 Å². The van der Waals surface area contributed by atoms with E-state index in [9.17, 15) is 9.90 Å². The summed E-state index contributed by atoms with van der Waals surface area (Å²) < 4.78 is 0. The number of aliphatic hydroxyl groups excluding tert-OH is 1. The standard InChI is InChI=1S/C24H25ClN4O2/c25-19-7-5-18(6-8-19)24(31)28-13-11-27(12-14-28)21-15-29(16-22(21)30)23-20-4-2-1-3-17(20)9-10-26-23/h1-10,21-22,30H,11-16H2/t21-,22-/m1/s1. The maximum Gasteiger partial charge on any atom is 0.253 e. The predicted molar refractivity (Wildman–Crippen MR) is 123 cm³/mol. The molecule has 1 N–H and O–H groups in total. The van der Waals surface area contributed by atoms with Crippen molar-refractivity contribution in [3.05, 3.63) is 71.4 Å². The summed E-state index contributed by atoms with van der Waals surface area (Å²) in [6.07, 6.45) is 1.39. The van der Waals surface area contributed by atoms with Gasteiger partial charge in [-0.05, 0) is 35.7 Å². The van der Waals surface area contributed by atoms with Gasteiger partial charge in [0.25, 0.3) is 5.91 Å². The van der Waals surface area contributed by atoms with Crippen LogP contribution in [0.1, 0.15) is 10.4 Å². The van der Waals surface area contributed by atoms with Gasteiger partial charge in [-0.15, -0.1) is 0 Å². The number of hydrogen-bond donors (Lipinski definition) is 1. The van der Waals surface area contributed by atoms with Crippen molar-refractivity contribution in [2.24, 2.45) is 0 Å². The highest BCUT2D eigenvalue weighted by Gasteiger charge is 2.38. The van der Waals surface area contributed by atoms with Crippen LogP contribution in [0.4, 0.5) is 5.82 Å². The summed E-state index contributed by atoms with van der Waals surface area (Å²) in [6.45, 7) is 4.09. The lowest BCUT2D eigenvalue weighted by atomic mass is 10.1. The lowest BCUT2D eigenvalue weighted by molar-refractivity contribution is 0.0376. The summed E-state index contributed by atoms with van der Waals surface area (Å²) in [4.78, 5) is 23.7. The van der Waals surface area contributed by atoms with Gasteiger partial charge >= 0.3 is 0 Å². The number of β-amino-alcohol motifs (C(OH)–C–C–N with tert-alkyl or cyclic N) is 1. The third-order valence-corrected chi connectivity index (χ3v) is 6.62. The molecule has 0 saturated carbocycles. The number of halogens is 1. The molecular weight excluding hydrogens is 412 g/mol. The highest BCUT2D eigenvalue weighted by molar-refractivity contribution is 6.30. The van der Waals surface area contributed by atoms with Gasteiger partial charge in [-0.2, -0.15) is 0 Å². The minimum atomic E-state index is -0.445. The molecular formula is C24H25ClN4O2. The first-order valence-electron chi connectivity index (χ1n) is 10.7. The Morgan fingerprint density at radius 2 is 1.71 bits per heavy atom. The van der Waals surface area contributed by atoms with E-state index in [0.717, 1.165) is 36.2 Å². The summed E-state index contributed by atoms with van der Waals surface area (Å²) >= 11 is 5.93. The summed E-state index contributed by atoms with van der Waals surface area (Å²) in [5, 5.41) is 13.7. The summed E-state index contributed by atoms with van der Waals surface area (Å²) in [5.74, 6) is 0.959. The van der Waals surface area contributed by atoms with E-state index in [1.165, 1.54) is 0 Å². The SMILES string of the molecule is O=C(c1ccc(Cl)cc1)N1CCN([C@@H]2CN(c3nccc4ccccc34)C[C@H]2O)CC1. The Kier molecular flexibility index (Phi) is 5.52. The average Bonchev–Trinajstić information content (AvgIpc) is 3.20. The third-order valence-electron chi connectivity index (χ3n) is 6.37. The van der Waals surface area contributed by atoms with Crippen molar-refractivity contribution >= 4 is 34.1 Å². The van der Waals surface area contributed by atoms with Crippen molar-refractivity contribution in [3.8, 4) is 0 Å². The molecule has 7 heteroatoms. The van der Waals surface area contributed by atoms with Gasteiger partial charge in [-0.1, -0.05) is 35.9 Å². The summed E-state index contributed by atoms with van der Waals surface area (Å²) in [7, 11) is 0. The van der Waals surface area contributed by atoms with E-state index in [-0.39, 0.29) is 11.9 Å². The molecule has 0 unspecified atom stereocenters. The summed E-state index contributed by atoms with van der Waals surface area (Å²) in [5.41, 5.74) is 0.659. The molecule has 5 rings (SSSR count). The molecule has 3 heterocycles. The highest BCUT2D eigenvalue weighted by atomic mass is 35.5. The maximum absolute atomic E-state index is 12.8. The number of carbonyl (C=O) groups is 1. The van der Waals surface area contributed by atoms with Gasteiger partial charge in [-0.3, -0.25) is 9.69 Å². The van der Waals surface area contributed by atoms with E-state index in [1.54, 1.807) is 24.3 Å². The van der Waals surface area contributed by atoms with Crippen molar-refractivity contribution in [2.75, 3.05) is 44.2 Å². The monoisotopic (exact) mass is 436 g/mol. The molecule has 2 aliphatic rings. The lowest BCUT2D eigenvalue weighted by Gasteiger charge is -2.38. The number of hydrogen-bond acceptors (Lipinski definition) is 5. The lowest BCUT2D eigenvalue weighted by Crippen LogP contribution is -2.54. The fourth-order valence-corrected chi connectivity index (χ4v) is 4.81. The predicted octanol–water partition coefficient (Wildman–Crippen LogP) is 2.90. The van der Waals surface area contributed by atoms with Crippen LogP contribution in [0.2, 0.25) is 5.02 Å². The molecule has 0 bridgehead atoms. The third kappa shape index (κ3) is 3.99. The smallest absolute Gasteiger partial charge is 0.253 e. The number of amides is 1. The average molecular weight is 437 g/mol. The maximum atomic E-state index is 12.8. The molecule has 3 aromatic rings. The Morgan fingerprint density at radius 3 is 2.48 bits per heavy atom. The van der Waals surface area contributed by atoms with Crippen LogP contribution in [0.3, 0.4) is 0 Å². The molecule has 6 nitrogen and oxygen atoms in total. The molecule has 31 heavy (non-hydrogen) atoms. The van der Waals surface area contributed by atoms with E-state index >= 15 is 0 Å². The number of piperazine rings is 1. The first-order chi connectivity index (χ1) is 15.1. The molecule has 0 radical (unpaired) electrons. The molecule has 2 atom stereocenters. The van der Waals surface area contributed by atoms with Gasteiger partial charge in [0.05, 0.1) is 12.1 Å². The molecule has 0 spiro atoms. The number of nitrogens with zero attached hydrogens (tertiary/aromatic N) is 4. The van der Waals surface area contributed by atoms with Gasteiger partial charge in [0.2, 0.25) is 0 Å². The molecule has 2 fully saturated rings. The number of anilines is 1. The van der Waals surface area contributed by atoms with Crippen molar-refractivity contribution in [2.45, 2.75) is 12.1 Å². The van der Waals surface area contributed by atoms with Crippen LogP contribution in [0.5, 0.6) is 0 Å². The number of aromatic nitrogens is 1. The Labute approximate surface area is 186 Å². The number of pyridine rings is 1. The van der Waals surface area contributed by atoms with Crippen LogP contribution in [0.25, 0.3) is 10.8 Å². The molecule has 2 aromatic carbocycles. The zero-order valence-corrected chi connectivity index (χ0v) is 17.9. The van der Waals surface area contributed by atoms with Crippen LogP contribution < -0.4 is 4.90 Å². The minimum absolute atomic E-state index is 0.0323. The van der Waals surface area contributed by atoms with Gasteiger partial charge < -0.3 is 14.9 Å². The second-order valence-electron chi connectivity index (χ2n) is 8.23. The van der Waals surface area contributed by atoms with Crippen LogP contribution in [0, 0.1) is 0 Å². The van der Waals surface area contributed by atoms with Crippen molar-refractivity contribution in [1.29, 1.82) is 0 Å². The van der Waals surface area contributed by atoms with Crippen LogP contribution in [-0.2, 0) is 0 Å². The largest absolute Gasteiger partial charge is 0.390 e. The number of benzene rings is 2. The molecule has 160 valence electrons. The van der Waals surface area contributed by atoms with Gasteiger partial charge in [0, 0.05) is 61.4 Å². The molecule has 1 aromatic heterocycles. The topological polar surface area (TPSA) is 59.9 Å². The fourth-order valence-electron chi connectivity index (χ4n) is 4.69. The zero-order chi connectivity index (χ0) is 21.4. The number of rotatable bonds is 3. The summed E-state index contributed by atoms with van der Waals surface area (Å²) in [6, 6.07) is 17.3. The molecule has 2 saturated heterocycles. The quantitative estimate of drug-likeness (QED) is 0.684. The van der Waals surface area contributed by atoms with Gasteiger partial charge in [-0.25, -0.2) is 4.98 Å². The molecule has 2 aliphatic heterocycles. The Hall–Kier alpha value is -2.67.